The van der Waals surface area contributed by atoms with Gasteiger partial charge in [0.1, 0.15) is 11.6 Å². The summed E-state index contributed by atoms with van der Waals surface area (Å²) in [6.45, 7) is -0.877. The van der Waals surface area contributed by atoms with Gasteiger partial charge in [0.15, 0.2) is 5.69 Å². The third-order valence-electron chi connectivity index (χ3n) is 4.68. The van der Waals surface area contributed by atoms with Crippen LogP contribution in [0.3, 0.4) is 0 Å². The van der Waals surface area contributed by atoms with Crippen molar-refractivity contribution >= 4 is 11.7 Å². The Bertz CT molecular complexity index is 1030. The Labute approximate surface area is 166 Å². The average Bonchev–Trinajstić information content (AvgIpc) is 2.99. The highest BCUT2D eigenvalue weighted by Gasteiger charge is 2.23. The van der Waals surface area contributed by atoms with Crippen LogP contribution in [0.1, 0.15) is 34.4 Å². The predicted octanol–water partition coefficient (Wildman–Crippen LogP) is 4.12. The summed E-state index contributed by atoms with van der Waals surface area (Å²) < 4.78 is 30.6. The molecule has 0 saturated heterocycles. The van der Waals surface area contributed by atoms with Crippen LogP contribution in [-0.2, 0) is 19.9 Å². The van der Waals surface area contributed by atoms with E-state index in [4.69, 9.17) is 5.73 Å². The number of carbonyl (C=O) groups is 1. The van der Waals surface area contributed by atoms with Crippen LogP contribution in [0.2, 0.25) is 0 Å². The second-order valence-corrected chi connectivity index (χ2v) is 6.56. The molecule has 1 heterocycles. The molecule has 8 heteroatoms. The molecule has 29 heavy (non-hydrogen) atoms. The molecular weight excluding hydrogens is 380 g/mol. The van der Waals surface area contributed by atoms with Crippen molar-refractivity contribution in [3.05, 3.63) is 65.1 Å². The van der Waals surface area contributed by atoms with Gasteiger partial charge in [-0.15, -0.1) is 0 Å². The molecule has 152 valence electrons. The van der Waals surface area contributed by atoms with E-state index < -0.39 is 12.6 Å². The number of imidazole rings is 1. The van der Waals surface area contributed by atoms with Gasteiger partial charge in [-0.05, 0) is 35.7 Å². The van der Waals surface area contributed by atoms with Crippen molar-refractivity contribution in [3.8, 4) is 17.0 Å². The fraction of sp³-hybridized carbons (Fsp3) is 0.238. The summed E-state index contributed by atoms with van der Waals surface area (Å²) in [4.78, 5) is 16.1. The average molecular weight is 401 g/mol. The molecule has 6 nitrogen and oxygen atoms in total. The molecule has 0 amide bonds. The van der Waals surface area contributed by atoms with Crippen LogP contribution in [-0.4, -0.2) is 27.2 Å². The van der Waals surface area contributed by atoms with Gasteiger partial charge in [0.05, 0.1) is 5.69 Å². The van der Waals surface area contributed by atoms with Gasteiger partial charge < -0.3 is 20.1 Å². The largest absolute Gasteiger partial charge is 0.476 e. The van der Waals surface area contributed by atoms with E-state index in [0.717, 1.165) is 17.5 Å². The molecule has 3 N–H and O–H groups in total. The summed E-state index contributed by atoms with van der Waals surface area (Å²) in [5.74, 6) is -0.584. The monoisotopic (exact) mass is 401 g/mol. The minimum absolute atomic E-state index is 0.0549. The van der Waals surface area contributed by atoms with Crippen molar-refractivity contribution in [2.45, 2.75) is 26.4 Å². The smallest absolute Gasteiger partial charge is 0.387 e. The standard InChI is InChI=1S/C21H21F2N3O3/c1-3-12-6-9-15(16(24)10-12)19-18(20(27)28)25-17(26(19)2)11-13-4-7-14(8-5-13)29-21(22)23/h4-10,21H,3,11,24H2,1-2H3,(H,27,28). The van der Waals surface area contributed by atoms with E-state index in [1.54, 1.807) is 29.8 Å². The normalized spacial score (nSPS) is 11.1. The van der Waals surface area contributed by atoms with E-state index in [2.05, 4.69) is 9.72 Å². The van der Waals surface area contributed by atoms with Gasteiger partial charge in [0.2, 0.25) is 0 Å². The molecule has 1 aromatic heterocycles. The molecule has 2 aromatic carbocycles. The number of benzene rings is 2. The number of anilines is 1. The Morgan fingerprint density at radius 2 is 1.86 bits per heavy atom. The first kappa shape index (κ1) is 20.3. The van der Waals surface area contributed by atoms with E-state index in [9.17, 15) is 18.7 Å². The number of nitrogens with zero attached hydrogens (tertiary/aromatic N) is 2. The van der Waals surface area contributed by atoms with Crippen LogP contribution < -0.4 is 10.5 Å². The lowest BCUT2D eigenvalue weighted by Crippen LogP contribution is -2.04. The molecule has 0 atom stereocenters. The maximum atomic E-state index is 12.3. The fourth-order valence-electron chi connectivity index (χ4n) is 3.18. The Morgan fingerprint density at radius 1 is 1.21 bits per heavy atom. The lowest BCUT2D eigenvalue weighted by Gasteiger charge is -2.11. The Balaban J connectivity index is 1.98. The maximum absolute atomic E-state index is 12.3. The van der Waals surface area contributed by atoms with Crippen LogP contribution in [0.25, 0.3) is 11.3 Å². The molecule has 0 aliphatic rings. The number of rotatable bonds is 7. The van der Waals surface area contributed by atoms with Crippen LogP contribution in [0.15, 0.2) is 42.5 Å². The highest BCUT2D eigenvalue weighted by atomic mass is 19.3. The molecule has 0 aliphatic carbocycles. The van der Waals surface area contributed by atoms with E-state index in [0.29, 0.717) is 29.2 Å². The first-order valence-corrected chi connectivity index (χ1v) is 9.01. The minimum atomic E-state index is -2.89. The summed E-state index contributed by atoms with van der Waals surface area (Å²) >= 11 is 0. The number of carboxylic acids is 1. The number of alkyl halides is 2. The maximum Gasteiger partial charge on any atom is 0.387 e. The molecule has 0 radical (unpaired) electrons. The number of hydrogen-bond donors (Lipinski definition) is 2. The topological polar surface area (TPSA) is 90.4 Å². The molecule has 0 saturated carbocycles. The van der Waals surface area contributed by atoms with Crippen molar-refractivity contribution in [3.63, 3.8) is 0 Å². The van der Waals surface area contributed by atoms with Crippen molar-refractivity contribution < 1.29 is 23.4 Å². The zero-order valence-corrected chi connectivity index (χ0v) is 16.0. The van der Waals surface area contributed by atoms with Gasteiger partial charge in [-0.3, -0.25) is 0 Å². The Hall–Kier alpha value is -3.42. The third-order valence-corrected chi connectivity index (χ3v) is 4.68. The number of aryl methyl sites for hydroxylation is 1. The number of ether oxygens (including phenoxy) is 1. The summed E-state index contributed by atoms with van der Waals surface area (Å²) in [5.41, 5.74) is 9.42. The summed E-state index contributed by atoms with van der Waals surface area (Å²) in [6.07, 6.45) is 1.14. The number of nitrogen functional groups attached to an aromatic ring is 1. The van der Waals surface area contributed by atoms with E-state index in [-0.39, 0.29) is 11.4 Å². The highest BCUT2D eigenvalue weighted by molar-refractivity contribution is 5.95. The number of carboxylic acid groups (broad SMARTS) is 1. The Kier molecular flexibility index (Phi) is 5.81. The van der Waals surface area contributed by atoms with Gasteiger partial charge >= 0.3 is 12.6 Å². The first-order valence-electron chi connectivity index (χ1n) is 9.01. The Morgan fingerprint density at radius 3 is 2.41 bits per heavy atom. The van der Waals surface area contributed by atoms with Gasteiger partial charge in [0.25, 0.3) is 0 Å². The zero-order chi connectivity index (χ0) is 21.1. The van der Waals surface area contributed by atoms with Crippen molar-refractivity contribution in [1.29, 1.82) is 0 Å². The van der Waals surface area contributed by atoms with Gasteiger partial charge in [0, 0.05) is 24.7 Å². The van der Waals surface area contributed by atoms with E-state index in [1.165, 1.54) is 12.1 Å². The fourth-order valence-corrected chi connectivity index (χ4v) is 3.18. The van der Waals surface area contributed by atoms with Crippen molar-refractivity contribution in [2.24, 2.45) is 7.05 Å². The first-order chi connectivity index (χ1) is 13.8. The van der Waals surface area contributed by atoms with Crippen LogP contribution >= 0.6 is 0 Å². The van der Waals surface area contributed by atoms with E-state index in [1.807, 2.05) is 19.1 Å². The molecule has 3 aromatic rings. The molecule has 0 fully saturated rings. The minimum Gasteiger partial charge on any atom is -0.476 e. The predicted molar refractivity (Wildman–Crippen MR) is 105 cm³/mol. The molecule has 0 aliphatic heterocycles. The van der Waals surface area contributed by atoms with Crippen molar-refractivity contribution in [2.75, 3.05) is 5.73 Å². The van der Waals surface area contributed by atoms with Crippen molar-refractivity contribution in [1.82, 2.24) is 9.55 Å². The second kappa shape index (κ2) is 8.30. The SMILES string of the molecule is CCc1ccc(-c2c(C(=O)O)nc(Cc3ccc(OC(F)F)cc3)n2C)c(N)c1. The molecule has 0 unspecified atom stereocenters. The summed E-state index contributed by atoms with van der Waals surface area (Å²) in [7, 11) is 1.73. The number of nitrogens with two attached hydrogens (primary N) is 1. The number of hydrogen-bond acceptors (Lipinski definition) is 4. The second-order valence-electron chi connectivity index (χ2n) is 6.56. The number of aromatic nitrogens is 2. The highest BCUT2D eigenvalue weighted by Crippen LogP contribution is 2.31. The van der Waals surface area contributed by atoms with Crippen LogP contribution in [0.4, 0.5) is 14.5 Å². The molecule has 0 bridgehead atoms. The molecular formula is C21H21F2N3O3. The number of halogens is 2. The third kappa shape index (κ3) is 4.37. The summed E-state index contributed by atoms with van der Waals surface area (Å²) in [5, 5.41) is 9.64. The van der Waals surface area contributed by atoms with Crippen LogP contribution in [0, 0.1) is 0 Å². The van der Waals surface area contributed by atoms with E-state index >= 15 is 0 Å². The zero-order valence-electron chi connectivity index (χ0n) is 16.0. The lowest BCUT2D eigenvalue weighted by molar-refractivity contribution is -0.0498. The molecule has 3 rings (SSSR count). The number of aromatic carboxylic acids is 1. The van der Waals surface area contributed by atoms with Gasteiger partial charge in [-0.1, -0.05) is 31.2 Å². The summed E-state index contributed by atoms with van der Waals surface area (Å²) in [6, 6.07) is 11.7. The van der Waals surface area contributed by atoms with Gasteiger partial charge in [-0.2, -0.15) is 8.78 Å². The van der Waals surface area contributed by atoms with Gasteiger partial charge in [-0.25, -0.2) is 9.78 Å². The molecule has 0 spiro atoms. The van der Waals surface area contributed by atoms with Crippen LogP contribution in [0.5, 0.6) is 5.75 Å². The lowest BCUT2D eigenvalue weighted by atomic mass is 10.0. The quantitative estimate of drug-likeness (QED) is 0.581.